The van der Waals surface area contributed by atoms with Crippen LogP contribution in [0.3, 0.4) is 0 Å². The highest BCUT2D eigenvalue weighted by Gasteiger charge is 2.25. The Morgan fingerprint density at radius 1 is 1.17 bits per heavy atom. The van der Waals surface area contributed by atoms with E-state index in [0.29, 0.717) is 13.2 Å². The third kappa shape index (κ3) is 2.83. The van der Waals surface area contributed by atoms with Gasteiger partial charge in [0, 0.05) is 10.9 Å². The molecule has 4 nitrogen and oxygen atoms in total. The minimum atomic E-state index is -3.07. The number of rotatable bonds is 6. The molecule has 0 unspecified atom stereocenters. The quantitative estimate of drug-likeness (QED) is 0.737. The summed E-state index contributed by atoms with van der Waals surface area (Å²) in [5.74, 6) is 0. The molecule has 1 aromatic carbocycles. The maximum Gasteiger partial charge on any atom is 0.335 e. The fourth-order valence-corrected chi connectivity index (χ4v) is 3.59. The Bertz CT molecular complexity index is 551. The summed E-state index contributed by atoms with van der Waals surface area (Å²) >= 11 is 0. The summed E-state index contributed by atoms with van der Waals surface area (Å²) in [5, 5.41) is 0.956. The Morgan fingerprint density at radius 2 is 1.83 bits per heavy atom. The van der Waals surface area contributed by atoms with Crippen molar-refractivity contribution in [1.29, 1.82) is 0 Å². The van der Waals surface area contributed by atoms with Crippen molar-refractivity contribution < 1.29 is 18.0 Å². The number of para-hydroxylation sites is 1. The minimum Gasteiger partial charge on any atom is -0.464 e. The smallest absolute Gasteiger partial charge is 0.335 e. The average Bonchev–Trinajstić information content (AvgIpc) is 2.73. The molecule has 98 valence electrons. The van der Waals surface area contributed by atoms with Gasteiger partial charge in [-0.1, -0.05) is 18.2 Å². The van der Waals surface area contributed by atoms with Crippen LogP contribution in [0.25, 0.3) is 11.0 Å². The molecule has 0 spiro atoms. The van der Waals surface area contributed by atoms with Crippen molar-refractivity contribution in [3.8, 4) is 0 Å². The van der Waals surface area contributed by atoms with Gasteiger partial charge in [0.2, 0.25) is 0 Å². The SMILES string of the molecule is CCOP(=O)(Cc1coc2ccccc12)OCC. The molecule has 0 bridgehead atoms. The molecule has 0 saturated carbocycles. The summed E-state index contributed by atoms with van der Waals surface area (Å²) in [5.41, 5.74) is 1.64. The van der Waals surface area contributed by atoms with Crippen LogP contribution in [0, 0.1) is 0 Å². The molecular formula is C13H17O4P. The van der Waals surface area contributed by atoms with Crippen LogP contribution in [0.4, 0.5) is 0 Å². The molecule has 0 amide bonds. The molecule has 0 saturated heterocycles. The van der Waals surface area contributed by atoms with Crippen LogP contribution in [-0.4, -0.2) is 13.2 Å². The van der Waals surface area contributed by atoms with E-state index in [9.17, 15) is 4.57 Å². The van der Waals surface area contributed by atoms with Crippen molar-refractivity contribution in [2.24, 2.45) is 0 Å². The lowest BCUT2D eigenvalue weighted by molar-refractivity contribution is 0.219. The van der Waals surface area contributed by atoms with Gasteiger partial charge in [-0.2, -0.15) is 0 Å². The highest BCUT2D eigenvalue weighted by molar-refractivity contribution is 7.53. The van der Waals surface area contributed by atoms with E-state index in [1.165, 1.54) is 0 Å². The summed E-state index contributed by atoms with van der Waals surface area (Å²) in [6, 6.07) is 7.65. The van der Waals surface area contributed by atoms with E-state index in [2.05, 4.69) is 0 Å². The fourth-order valence-electron chi connectivity index (χ4n) is 1.89. The van der Waals surface area contributed by atoms with E-state index in [4.69, 9.17) is 13.5 Å². The number of fused-ring (bicyclic) bond motifs is 1. The molecule has 0 radical (unpaired) electrons. The van der Waals surface area contributed by atoms with E-state index in [-0.39, 0.29) is 6.16 Å². The predicted octanol–water partition coefficient (Wildman–Crippen LogP) is 4.20. The van der Waals surface area contributed by atoms with Gasteiger partial charge in [-0.05, 0) is 19.9 Å². The van der Waals surface area contributed by atoms with Gasteiger partial charge in [0.05, 0.1) is 25.6 Å². The Labute approximate surface area is 106 Å². The zero-order valence-corrected chi connectivity index (χ0v) is 11.5. The van der Waals surface area contributed by atoms with Gasteiger partial charge in [0.1, 0.15) is 5.58 Å². The van der Waals surface area contributed by atoms with Gasteiger partial charge < -0.3 is 13.5 Å². The highest BCUT2D eigenvalue weighted by atomic mass is 31.2. The van der Waals surface area contributed by atoms with Gasteiger partial charge in [-0.15, -0.1) is 0 Å². The molecule has 0 atom stereocenters. The number of hydrogen-bond donors (Lipinski definition) is 0. The van der Waals surface area contributed by atoms with E-state index in [0.717, 1.165) is 16.5 Å². The second-order valence-corrected chi connectivity index (χ2v) is 5.92. The maximum atomic E-state index is 12.4. The molecule has 18 heavy (non-hydrogen) atoms. The third-order valence-corrected chi connectivity index (χ3v) is 4.61. The van der Waals surface area contributed by atoms with E-state index >= 15 is 0 Å². The molecule has 2 aromatic rings. The lowest BCUT2D eigenvalue weighted by atomic mass is 10.2. The Kier molecular flexibility index (Phi) is 4.23. The number of hydrogen-bond acceptors (Lipinski definition) is 4. The van der Waals surface area contributed by atoms with Crippen molar-refractivity contribution >= 4 is 18.6 Å². The standard InChI is InChI=1S/C13H17O4P/c1-3-16-18(14,17-4-2)10-11-9-15-13-8-6-5-7-12(11)13/h5-9H,3-4,10H2,1-2H3. The summed E-state index contributed by atoms with van der Waals surface area (Å²) < 4.78 is 28.4. The van der Waals surface area contributed by atoms with Crippen molar-refractivity contribution in [3.63, 3.8) is 0 Å². The second-order valence-electron chi connectivity index (χ2n) is 3.86. The molecule has 0 fully saturated rings. The van der Waals surface area contributed by atoms with Crippen LogP contribution < -0.4 is 0 Å². The van der Waals surface area contributed by atoms with Gasteiger partial charge in [0.25, 0.3) is 0 Å². The molecular weight excluding hydrogens is 251 g/mol. The molecule has 0 aliphatic heterocycles. The van der Waals surface area contributed by atoms with Crippen LogP contribution in [0.15, 0.2) is 34.9 Å². The molecule has 1 aromatic heterocycles. The van der Waals surface area contributed by atoms with E-state index < -0.39 is 7.60 Å². The van der Waals surface area contributed by atoms with Crippen LogP contribution in [0.5, 0.6) is 0 Å². The molecule has 1 heterocycles. The summed E-state index contributed by atoms with van der Waals surface area (Å²) in [4.78, 5) is 0. The van der Waals surface area contributed by atoms with Crippen LogP contribution >= 0.6 is 7.60 Å². The third-order valence-electron chi connectivity index (χ3n) is 2.58. The van der Waals surface area contributed by atoms with Gasteiger partial charge in [-0.25, -0.2) is 0 Å². The second kappa shape index (κ2) is 5.70. The Balaban J connectivity index is 2.29. The molecule has 2 rings (SSSR count). The van der Waals surface area contributed by atoms with Gasteiger partial charge >= 0.3 is 7.60 Å². The van der Waals surface area contributed by atoms with Crippen molar-refractivity contribution in [3.05, 3.63) is 36.1 Å². The van der Waals surface area contributed by atoms with Gasteiger partial charge in [0.15, 0.2) is 0 Å². The first-order chi connectivity index (χ1) is 8.68. The normalized spacial score (nSPS) is 12.1. The van der Waals surface area contributed by atoms with Crippen LogP contribution in [0.2, 0.25) is 0 Å². The van der Waals surface area contributed by atoms with Gasteiger partial charge in [-0.3, -0.25) is 4.57 Å². The van der Waals surface area contributed by atoms with E-state index in [1.54, 1.807) is 20.1 Å². The largest absolute Gasteiger partial charge is 0.464 e. The average molecular weight is 268 g/mol. The van der Waals surface area contributed by atoms with Crippen molar-refractivity contribution in [2.45, 2.75) is 20.0 Å². The van der Waals surface area contributed by atoms with E-state index in [1.807, 2.05) is 24.3 Å². The molecule has 0 aliphatic carbocycles. The monoisotopic (exact) mass is 268 g/mol. The topological polar surface area (TPSA) is 48.7 Å². The fraction of sp³-hybridized carbons (Fsp3) is 0.385. The minimum absolute atomic E-state index is 0.242. The van der Waals surface area contributed by atoms with Crippen LogP contribution in [-0.2, 0) is 19.8 Å². The van der Waals surface area contributed by atoms with Crippen molar-refractivity contribution in [1.82, 2.24) is 0 Å². The number of furan rings is 1. The predicted molar refractivity (Wildman–Crippen MR) is 70.8 cm³/mol. The number of benzene rings is 1. The summed E-state index contributed by atoms with van der Waals surface area (Å²) in [6.45, 7) is 4.35. The Hall–Kier alpha value is -1.09. The Morgan fingerprint density at radius 3 is 2.50 bits per heavy atom. The first-order valence-electron chi connectivity index (χ1n) is 6.01. The first kappa shape index (κ1) is 13.3. The maximum absolute atomic E-state index is 12.4. The van der Waals surface area contributed by atoms with Crippen LogP contribution in [0.1, 0.15) is 19.4 Å². The summed E-state index contributed by atoms with van der Waals surface area (Å²) in [7, 11) is -3.07. The zero-order chi connectivity index (χ0) is 13.0. The van der Waals surface area contributed by atoms with Crippen molar-refractivity contribution in [2.75, 3.05) is 13.2 Å². The zero-order valence-electron chi connectivity index (χ0n) is 10.6. The molecule has 0 N–H and O–H groups in total. The molecule has 0 aliphatic rings. The lowest BCUT2D eigenvalue weighted by Crippen LogP contribution is -1.98. The highest BCUT2D eigenvalue weighted by Crippen LogP contribution is 2.52. The lowest BCUT2D eigenvalue weighted by Gasteiger charge is -2.16. The molecule has 5 heteroatoms. The summed E-state index contributed by atoms with van der Waals surface area (Å²) in [6.07, 6.45) is 1.86. The first-order valence-corrected chi connectivity index (χ1v) is 7.74.